The molecule has 7 nitrogen and oxygen atoms in total. The van der Waals surface area contributed by atoms with Crippen molar-refractivity contribution in [3.8, 4) is 5.75 Å². The predicted molar refractivity (Wildman–Crippen MR) is 124 cm³/mol. The number of carbonyl (C=O) groups is 1. The highest BCUT2D eigenvalue weighted by Crippen LogP contribution is 2.20. The molecule has 1 aliphatic rings. The van der Waals surface area contributed by atoms with Crippen LogP contribution in [0.4, 0.5) is 4.79 Å². The number of benzene rings is 2. The Hall–Kier alpha value is -3.32. The number of nitrogens with one attached hydrogen (secondary N) is 1. The minimum atomic E-state index is -0.189. The molecule has 168 valence electrons. The Morgan fingerprint density at radius 3 is 2.56 bits per heavy atom. The van der Waals surface area contributed by atoms with Crippen molar-refractivity contribution in [2.75, 3.05) is 32.9 Å². The van der Waals surface area contributed by atoms with Gasteiger partial charge in [0.25, 0.3) is 5.56 Å². The van der Waals surface area contributed by atoms with Crippen LogP contribution in [0, 0.1) is 6.92 Å². The molecule has 2 amide bonds. The summed E-state index contributed by atoms with van der Waals surface area (Å²) in [5.41, 5.74) is 3.28. The van der Waals surface area contributed by atoms with Gasteiger partial charge in [0, 0.05) is 36.1 Å². The molecule has 0 radical (unpaired) electrons. The average Bonchev–Trinajstić information content (AvgIpc) is 2.81. The van der Waals surface area contributed by atoms with Crippen LogP contribution in [0.15, 0.2) is 53.3 Å². The fourth-order valence-electron chi connectivity index (χ4n) is 3.87. The van der Waals surface area contributed by atoms with Gasteiger partial charge in [0.2, 0.25) is 0 Å². The third-order valence-electron chi connectivity index (χ3n) is 5.61. The third-order valence-corrected chi connectivity index (χ3v) is 5.61. The average molecular weight is 436 g/mol. The summed E-state index contributed by atoms with van der Waals surface area (Å²) in [5.74, 6) is 0.749. The highest BCUT2D eigenvalue weighted by Gasteiger charge is 2.24. The molecule has 1 aromatic heterocycles. The molecule has 0 aliphatic carbocycles. The van der Waals surface area contributed by atoms with Gasteiger partial charge in [-0.25, -0.2) is 4.79 Å². The zero-order valence-electron chi connectivity index (χ0n) is 18.6. The van der Waals surface area contributed by atoms with Crippen molar-refractivity contribution in [3.05, 3.63) is 75.6 Å². The molecule has 0 spiro atoms. The van der Waals surface area contributed by atoms with Crippen LogP contribution in [0.25, 0.3) is 10.9 Å². The van der Waals surface area contributed by atoms with Gasteiger partial charge in [-0.3, -0.25) is 4.79 Å². The second kappa shape index (κ2) is 9.87. The van der Waals surface area contributed by atoms with E-state index >= 15 is 0 Å². The number of morpholine rings is 1. The molecule has 0 unspecified atom stereocenters. The number of amides is 2. The number of fused-ring (bicyclic) bond motifs is 1. The zero-order valence-corrected chi connectivity index (χ0v) is 18.6. The third kappa shape index (κ3) is 5.11. The lowest BCUT2D eigenvalue weighted by Gasteiger charge is -2.33. The molecule has 0 bridgehead atoms. The Balaban J connectivity index is 1.64. The number of hydrogen-bond donors (Lipinski definition) is 1. The van der Waals surface area contributed by atoms with Crippen molar-refractivity contribution in [1.29, 1.82) is 0 Å². The SMILES string of the molecule is CCOc1ccc2[nH]c(=O)c(CN(Cc3ccc(C)cc3)C(=O)N3CCOCC3)cc2c1. The quantitative estimate of drug-likeness (QED) is 0.641. The van der Waals surface area contributed by atoms with Crippen molar-refractivity contribution in [2.24, 2.45) is 0 Å². The molecule has 7 heteroatoms. The van der Waals surface area contributed by atoms with E-state index in [-0.39, 0.29) is 18.1 Å². The molecule has 1 saturated heterocycles. The number of hydrogen-bond acceptors (Lipinski definition) is 4. The van der Waals surface area contributed by atoms with Gasteiger partial charge in [0.15, 0.2) is 0 Å². The van der Waals surface area contributed by atoms with Gasteiger partial charge in [-0.15, -0.1) is 0 Å². The van der Waals surface area contributed by atoms with E-state index in [1.54, 1.807) is 9.80 Å². The van der Waals surface area contributed by atoms with E-state index < -0.39 is 0 Å². The maximum absolute atomic E-state index is 13.4. The van der Waals surface area contributed by atoms with E-state index in [4.69, 9.17) is 9.47 Å². The fourth-order valence-corrected chi connectivity index (χ4v) is 3.87. The molecular formula is C25H29N3O4. The summed E-state index contributed by atoms with van der Waals surface area (Å²) in [6.45, 7) is 7.33. The van der Waals surface area contributed by atoms with Crippen molar-refractivity contribution in [1.82, 2.24) is 14.8 Å². The molecule has 1 fully saturated rings. The Morgan fingerprint density at radius 1 is 1.09 bits per heavy atom. The number of H-pyrrole nitrogens is 1. The van der Waals surface area contributed by atoms with Gasteiger partial charge >= 0.3 is 6.03 Å². The van der Waals surface area contributed by atoms with E-state index in [9.17, 15) is 9.59 Å². The Morgan fingerprint density at radius 2 is 1.84 bits per heavy atom. The van der Waals surface area contributed by atoms with Crippen molar-refractivity contribution in [2.45, 2.75) is 26.9 Å². The molecule has 2 aromatic carbocycles. The summed E-state index contributed by atoms with van der Waals surface area (Å²) in [6, 6.07) is 15.5. The van der Waals surface area contributed by atoms with E-state index in [2.05, 4.69) is 4.98 Å². The number of urea groups is 1. The molecular weight excluding hydrogens is 406 g/mol. The number of aromatic nitrogens is 1. The van der Waals surface area contributed by atoms with Crippen molar-refractivity contribution >= 4 is 16.9 Å². The maximum Gasteiger partial charge on any atom is 0.320 e. The molecule has 0 saturated carbocycles. The minimum Gasteiger partial charge on any atom is -0.494 e. The summed E-state index contributed by atoms with van der Waals surface area (Å²) >= 11 is 0. The van der Waals surface area contributed by atoms with Crippen LogP contribution in [0.2, 0.25) is 0 Å². The molecule has 0 atom stereocenters. The van der Waals surface area contributed by atoms with Crippen LogP contribution in [0.5, 0.6) is 5.75 Å². The largest absolute Gasteiger partial charge is 0.494 e. The summed E-state index contributed by atoms with van der Waals surface area (Å²) in [4.78, 5) is 32.6. The summed E-state index contributed by atoms with van der Waals surface area (Å²) < 4.78 is 11.0. The number of pyridine rings is 1. The van der Waals surface area contributed by atoms with Crippen LogP contribution in [-0.4, -0.2) is 53.7 Å². The van der Waals surface area contributed by atoms with E-state index in [1.807, 2.05) is 62.4 Å². The second-order valence-corrected chi connectivity index (χ2v) is 8.03. The number of aromatic amines is 1. The zero-order chi connectivity index (χ0) is 22.5. The standard InChI is InChI=1S/C25H29N3O4/c1-3-32-22-8-9-23-20(15-22)14-21(24(29)26-23)17-28(16-19-6-4-18(2)5-7-19)25(30)27-10-12-31-13-11-27/h4-9,14-15H,3,10-13,16-17H2,1-2H3,(H,26,29). The molecule has 3 aromatic rings. The molecule has 1 aliphatic heterocycles. The normalized spacial score (nSPS) is 13.9. The van der Waals surface area contributed by atoms with Crippen LogP contribution < -0.4 is 10.3 Å². The van der Waals surface area contributed by atoms with Gasteiger partial charge in [0.1, 0.15) is 5.75 Å². The second-order valence-electron chi connectivity index (χ2n) is 8.03. The predicted octanol–water partition coefficient (Wildman–Crippen LogP) is 3.69. The Labute approximate surface area is 187 Å². The van der Waals surface area contributed by atoms with Gasteiger partial charge in [-0.1, -0.05) is 29.8 Å². The summed E-state index contributed by atoms with van der Waals surface area (Å²) in [7, 11) is 0. The number of rotatable bonds is 6. The molecule has 4 rings (SSSR count). The molecule has 32 heavy (non-hydrogen) atoms. The van der Waals surface area contributed by atoms with E-state index in [0.717, 1.165) is 27.8 Å². The number of aryl methyl sites for hydroxylation is 1. The van der Waals surface area contributed by atoms with Gasteiger partial charge in [0.05, 0.1) is 26.4 Å². The number of carbonyl (C=O) groups excluding carboxylic acids is 1. The monoisotopic (exact) mass is 435 g/mol. The fraction of sp³-hybridized carbons (Fsp3) is 0.360. The number of ether oxygens (including phenoxy) is 2. The van der Waals surface area contributed by atoms with Crippen LogP contribution in [0.1, 0.15) is 23.6 Å². The summed E-state index contributed by atoms with van der Waals surface area (Å²) in [5, 5.41) is 0.875. The van der Waals surface area contributed by atoms with E-state index in [1.165, 1.54) is 0 Å². The van der Waals surface area contributed by atoms with Crippen LogP contribution in [0.3, 0.4) is 0 Å². The van der Waals surface area contributed by atoms with Crippen LogP contribution >= 0.6 is 0 Å². The first-order valence-corrected chi connectivity index (χ1v) is 11.0. The highest BCUT2D eigenvalue weighted by molar-refractivity contribution is 5.81. The van der Waals surface area contributed by atoms with Crippen molar-refractivity contribution in [3.63, 3.8) is 0 Å². The topological polar surface area (TPSA) is 74.9 Å². The molecule has 1 N–H and O–H groups in total. The van der Waals surface area contributed by atoms with Gasteiger partial charge in [-0.2, -0.15) is 0 Å². The van der Waals surface area contributed by atoms with Gasteiger partial charge < -0.3 is 24.3 Å². The lowest BCUT2D eigenvalue weighted by atomic mass is 10.1. The Bertz CT molecular complexity index is 1130. The smallest absolute Gasteiger partial charge is 0.320 e. The first kappa shape index (κ1) is 21.9. The van der Waals surface area contributed by atoms with Crippen molar-refractivity contribution < 1.29 is 14.3 Å². The highest BCUT2D eigenvalue weighted by atomic mass is 16.5. The molecule has 2 heterocycles. The minimum absolute atomic E-state index is 0.0866. The van der Waals surface area contributed by atoms with Crippen LogP contribution in [-0.2, 0) is 17.8 Å². The first-order chi connectivity index (χ1) is 15.5. The lowest BCUT2D eigenvalue weighted by Crippen LogP contribution is -2.48. The summed E-state index contributed by atoms with van der Waals surface area (Å²) in [6.07, 6.45) is 0. The maximum atomic E-state index is 13.4. The van der Waals surface area contributed by atoms with Gasteiger partial charge in [-0.05, 0) is 43.7 Å². The van der Waals surface area contributed by atoms with E-state index in [0.29, 0.717) is 45.0 Å². The Kier molecular flexibility index (Phi) is 6.75. The lowest BCUT2D eigenvalue weighted by molar-refractivity contribution is 0.0418. The first-order valence-electron chi connectivity index (χ1n) is 11.0. The number of nitrogens with zero attached hydrogens (tertiary/aromatic N) is 2.